The number of nitrogens with one attached hydrogen (secondary N) is 3. The normalized spacial score (nSPS) is 14.9. The SMILES string of the molecule is CN/C=C(\C=N)c1ccc2cnc(NC(=O)c3ccnc(N4CCN(CC(C)C)CC4)c3)cc2c1. The van der Waals surface area contributed by atoms with Gasteiger partial charge in [-0.15, -0.1) is 0 Å². The molecule has 0 saturated carbocycles. The molecule has 1 aliphatic heterocycles. The van der Waals surface area contributed by atoms with Crippen molar-refractivity contribution in [3.63, 3.8) is 0 Å². The van der Waals surface area contributed by atoms with Gasteiger partial charge in [-0.2, -0.15) is 0 Å². The Kier molecular flexibility index (Phi) is 7.72. The van der Waals surface area contributed by atoms with Crippen LogP contribution in [0.25, 0.3) is 16.3 Å². The van der Waals surface area contributed by atoms with E-state index >= 15 is 0 Å². The molecule has 4 rings (SSSR count). The first kappa shape index (κ1) is 24.3. The van der Waals surface area contributed by atoms with Crippen LogP contribution in [0.2, 0.25) is 0 Å². The predicted molar refractivity (Wildman–Crippen MR) is 143 cm³/mol. The predicted octanol–water partition coefficient (Wildman–Crippen LogP) is 3.87. The number of rotatable bonds is 8. The van der Waals surface area contributed by atoms with Crippen molar-refractivity contribution >= 4 is 40.1 Å². The number of fused-ring (bicyclic) bond motifs is 1. The van der Waals surface area contributed by atoms with E-state index in [9.17, 15) is 4.79 Å². The summed E-state index contributed by atoms with van der Waals surface area (Å²) in [6.07, 6.45) is 6.53. The van der Waals surface area contributed by atoms with Crippen LogP contribution < -0.4 is 15.5 Å². The standard InChI is InChI=1S/C27H33N7O/c1-19(2)18-33-8-10-34(11-9-33)26-14-21(6-7-30-26)27(35)32-25-13-23-12-20(24(15-28)16-29-3)4-5-22(23)17-31-25/h4-7,12-17,19,28-29H,8-11,18H2,1-3H3,(H,31,32,35)/b24-16+,28-15?. The van der Waals surface area contributed by atoms with Crippen molar-refractivity contribution in [3.05, 3.63) is 66.1 Å². The molecule has 3 N–H and O–H groups in total. The second-order valence-corrected chi connectivity index (χ2v) is 9.20. The monoisotopic (exact) mass is 471 g/mol. The number of hydrogen-bond donors (Lipinski definition) is 3. The molecule has 182 valence electrons. The quantitative estimate of drug-likeness (QED) is 0.432. The maximum absolute atomic E-state index is 13.0. The van der Waals surface area contributed by atoms with Crippen molar-refractivity contribution in [2.45, 2.75) is 13.8 Å². The third-order valence-electron chi connectivity index (χ3n) is 6.08. The molecule has 35 heavy (non-hydrogen) atoms. The summed E-state index contributed by atoms with van der Waals surface area (Å²) in [5, 5.41) is 15.4. The number of pyridine rings is 2. The van der Waals surface area contributed by atoms with Crippen LogP contribution in [0.1, 0.15) is 29.8 Å². The number of allylic oxidation sites excluding steroid dienone is 1. The van der Waals surface area contributed by atoms with Gasteiger partial charge in [0.25, 0.3) is 5.91 Å². The van der Waals surface area contributed by atoms with Crippen molar-refractivity contribution in [3.8, 4) is 0 Å². The lowest BCUT2D eigenvalue weighted by molar-refractivity contribution is 0.102. The van der Waals surface area contributed by atoms with E-state index in [0.29, 0.717) is 17.3 Å². The van der Waals surface area contributed by atoms with Gasteiger partial charge >= 0.3 is 0 Å². The van der Waals surface area contributed by atoms with Gasteiger partial charge in [0.2, 0.25) is 0 Å². The second-order valence-electron chi connectivity index (χ2n) is 9.20. The molecule has 0 bridgehead atoms. The molecule has 1 aromatic carbocycles. The molecule has 0 unspecified atom stereocenters. The first-order valence-corrected chi connectivity index (χ1v) is 12.0. The van der Waals surface area contributed by atoms with Crippen LogP contribution >= 0.6 is 0 Å². The third-order valence-corrected chi connectivity index (χ3v) is 6.08. The summed E-state index contributed by atoms with van der Waals surface area (Å²) in [6.45, 7) is 9.41. The fourth-order valence-corrected chi connectivity index (χ4v) is 4.35. The number of carbonyl (C=O) groups is 1. The van der Waals surface area contributed by atoms with Gasteiger partial charge in [0, 0.05) is 81.1 Å². The molecule has 3 heterocycles. The van der Waals surface area contributed by atoms with E-state index in [1.165, 1.54) is 6.21 Å². The number of piperazine rings is 1. The van der Waals surface area contributed by atoms with Crippen molar-refractivity contribution < 1.29 is 4.79 Å². The Labute approximate surface area is 206 Å². The average Bonchev–Trinajstić information content (AvgIpc) is 2.87. The van der Waals surface area contributed by atoms with Gasteiger partial charge in [0.15, 0.2) is 0 Å². The Balaban J connectivity index is 1.47. The molecule has 2 aromatic heterocycles. The highest BCUT2D eigenvalue weighted by Gasteiger charge is 2.19. The van der Waals surface area contributed by atoms with Gasteiger partial charge in [0.05, 0.1) is 0 Å². The Hall–Kier alpha value is -3.78. The van der Waals surface area contributed by atoms with Crippen molar-refractivity contribution in [2.75, 3.05) is 50.0 Å². The van der Waals surface area contributed by atoms with E-state index in [1.807, 2.05) is 30.3 Å². The molecule has 0 radical (unpaired) electrons. The minimum atomic E-state index is -0.217. The van der Waals surface area contributed by atoms with Gasteiger partial charge in [0.1, 0.15) is 11.6 Å². The smallest absolute Gasteiger partial charge is 0.257 e. The molecule has 1 fully saturated rings. The number of amides is 1. The molecule has 1 saturated heterocycles. The van der Waals surface area contributed by atoms with E-state index in [2.05, 4.69) is 44.2 Å². The Bertz CT molecular complexity index is 1230. The van der Waals surface area contributed by atoms with Crippen molar-refractivity contribution in [2.24, 2.45) is 5.92 Å². The van der Waals surface area contributed by atoms with Crippen LogP contribution in [0.3, 0.4) is 0 Å². The first-order valence-electron chi connectivity index (χ1n) is 12.0. The van der Waals surface area contributed by atoms with Gasteiger partial charge in [-0.3, -0.25) is 9.69 Å². The lowest BCUT2D eigenvalue weighted by Gasteiger charge is -2.36. The minimum absolute atomic E-state index is 0.217. The highest BCUT2D eigenvalue weighted by Crippen LogP contribution is 2.23. The number of carbonyl (C=O) groups excluding carboxylic acids is 1. The van der Waals surface area contributed by atoms with Gasteiger partial charge in [-0.05, 0) is 41.1 Å². The minimum Gasteiger partial charge on any atom is -0.393 e. The average molecular weight is 472 g/mol. The summed E-state index contributed by atoms with van der Waals surface area (Å²) in [7, 11) is 1.80. The van der Waals surface area contributed by atoms with Crippen LogP contribution in [0.4, 0.5) is 11.6 Å². The van der Waals surface area contributed by atoms with Gasteiger partial charge < -0.3 is 20.9 Å². The second kappa shape index (κ2) is 11.1. The first-order chi connectivity index (χ1) is 17.0. The molecule has 0 spiro atoms. The zero-order valence-corrected chi connectivity index (χ0v) is 20.6. The summed E-state index contributed by atoms with van der Waals surface area (Å²) in [6, 6.07) is 11.3. The van der Waals surface area contributed by atoms with E-state index in [-0.39, 0.29) is 5.91 Å². The molecule has 1 amide bonds. The Morgan fingerprint density at radius 3 is 2.57 bits per heavy atom. The molecular formula is C27H33N7O. The van der Waals surface area contributed by atoms with Crippen LogP contribution in [-0.2, 0) is 0 Å². The number of aromatic nitrogens is 2. The number of nitrogens with zero attached hydrogens (tertiary/aromatic N) is 4. The third kappa shape index (κ3) is 6.02. The maximum atomic E-state index is 13.0. The number of anilines is 2. The molecule has 8 heteroatoms. The lowest BCUT2D eigenvalue weighted by Crippen LogP contribution is -2.47. The van der Waals surface area contributed by atoms with Crippen LogP contribution in [0, 0.1) is 11.3 Å². The molecule has 1 aliphatic rings. The summed E-state index contributed by atoms with van der Waals surface area (Å²) in [5.74, 6) is 1.75. The van der Waals surface area contributed by atoms with E-state index in [1.54, 1.807) is 31.7 Å². The summed E-state index contributed by atoms with van der Waals surface area (Å²) >= 11 is 0. The number of benzene rings is 1. The highest BCUT2D eigenvalue weighted by atomic mass is 16.1. The Morgan fingerprint density at radius 2 is 1.86 bits per heavy atom. The lowest BCUT2D eigenvalue weighted by atomic mass is 10.0. The van der Waals surface area contributed by atoms with Crippen molar-refractivity contribution in [1.29, 1.82) is 5.41 Å². The fraction of sp³-hybridized carbons (Fsp3) is 0.333. The van der Waals surface area contributed by atoms with Gasteiger partial charge in [-0.25, -0.2) is 9.97 Å². The molecule has 8 nitrogen and oxygen atoms in total. The largest absolute Gasteiger partial charge is 0.393 e. The summed E-state index contributed by atoms with van der Waals surface area (Å²) in [5.41, 5.74) is 2.24. The van der Waals surface area contributed by atoms with Crippen molar-refractivity contribution in [1.82, 2.24) is 20.2 Å². The topological polar surface area (TPSA) is 97.2 Å². The van der Waals surface area contributed by atoms with Crippen LogP contribution in [-0.4, -0.2) is 66.8 Å². The summed E-state index contributed by atoms with van der Waals surface area (Å²) < 4.78 is 0. The zero-order valence-electron chi connectivity index (χ0n) is 20.6. The zero-order chi connectivity index (χ0) is 24.8. The van der Waals surface area contributed by atoms with Crippen LogP contribution in [0.5, 0.6) is 0 Å². The molecular weight excluding hydrogens is 438 g/mol. The summed E-state index contributed by atoms with van der Waals surface area (Å²) in [4.78, 5) is 26.7. The molecule has 0 aliphatic carbocycles. The van der Waals surface area contributed by atoms with E-state index in [4.69, 9.17) is 5.41 Å². The van der Waals surface area contributed by atoms with E-state index in [0.717, 1.165) is 60.5 Å². The fourth-order valence-electron chi connectivity index (χ4n) is 4.35. The molecule has 3 aromatic rings. The van der Waals surface area contributed by atoms with Gasteiger partial charge in [-0.1, -0.05) is 26.0 Å². The molecule has 0 atom stereocenters. The number of hydrogen-bond acceptors (Lipinski definition) is 7. The highest BCUT2D eigenvalue weighted by molar-refractivity contribution is 6.09. The van der Waals surface area contributed by atoms with Crippen LogP contribution in [0.15, 0.2) is 55.0 Å². The maximum Gasteiger partial charge on any atom is 0.257 e. The Morgan fingerprint density at radius 1 is 1.06 bits per heavy atom. The van der Waals surface area contributed by atoms with E-state index < -0.39 is 0 Å².